The van der Waals surface area contributed by atoms with E-state index in [1.54, 1.807) is 31.2 Å². The molecule has 136 valence electrons. The molecule has 0 spiro atoms. The summed E-state index contributed by atoms with van der Waals surface area (Å²) in [4.78, 5) is 35.2. The Morgan fingerprint density at radius 2 is 1.76 bits per heavy atom. The van der Waals surface area contributed by atoms with Crippen molar-refractivity contribution in [1.29, 1.82) is 0 Å². The Bertz CT molecular complexity index is 606. The highest BCUT2D eigenvalue weighted by Crippen LogP contribution is 2.23. The standard InChI is InChI=1S/C19H26N2O4/c1-2-16(19(24)25)21-18(23)15-10-8-13(9-11-15)12-20-17(22)14-6-4-3-5-7-14/h8-11,14,16H,2-7,12H2,1H3,(H,20,22)(H,21,23)(H,24,25). The van der Waals surface area contributed by atoms with E-state index < -0.39 is 17.9 Å². The summed E-state index contributed by atoms with van der Waals surface area (Å²) in [6, 6.07) is 5.95. The molecule has 1 saturated carbocycles. The van der Waals surface area contributed by atoms with E-state index in [2.05, 4.69) is 10.6 Å². The number of hydrogen-bond donors (Lipinski definition) is 3. The molecule has 0 aromatic heterocycles. The van der Waals surface area contributed by atoms with E-state index in [1.165, 1.54) is 6.42 Å². The van der Waals surface area contributed by atoms with Crippen LogP contribution in [0.1, 0.15) is 61.4 Å². The van der Waals surface area contributed by atoms with E-state index in [1.807, 2.05) is 0 Å². The zero-order chi connectivity index (χ0) is 18.2. The van der Waals surface area contributed by atoms with Crippen molar-refractivity contribution in [3.63, 3.8) is 0 Å². The topological polar surface area (TPSA) is 95.5 Å². The first kappa shape index (κ1) is 19.0. The summed E-state index contributed by atoms with van der Waals surface area (Å²) in [7, 11) is 0. The summed E-state index contributed by atoms with van der Waals surface area (Å²) in [5.41, 5.74) is 1.31. The largest absolute Gasteiger partial charge is 0.480 e. The molecule has 1 aliphatic carbocycles. The second-order valence-electron chi connectivity index (χ2n) is 6.52. The van der Waals surface area contributed by atoms with Crippen molar-refractivity contribution in [2.75, 3.05) is 0 Å². The van der Waals surface area contributed by atoms with Gasteiger partial charge in [-0.15, -0.1) is 0 Å². The fraction of sp³-hybridized carbons (Fsp3) is 0.526. The molecule has 25 heavy (non-hydrogen) atoms. The minimum atomic E-state index is -1.04. The Morgan fingerprint density at radius 3 is 2.32 bits per heavy atom. The van der Waals surface area contributed by atoms with Gasteiger partial charge in [0.25, 0.3) is 5.91 Å². The molecule has 1 unspecified atom stereocenters. The van der Waals surface area contributed by atoms with Crippen LogP contribution in [-0.4, -0.2) is 28.9 Å². The average molecular weight is 346 g/mol. The van der Waals surface area contributed by atoms with Crippen LogP contribution in [0.5, 0.6) is 0 Å². The second-order valence-corrected chi connectivity index (χ2v) is 6.52. The normalized spacial score (nSPS) is 16.0. The third kappa shape index (κ3) is 5.59. The van der Waals surface area contributed by atoms with Gasteiger partial charge in [-0.25, -0.2) is 4.79 Å². The van der Waals surface area contributed by atoms with Gasteiger partial charge in [-0.1, -0.05) is 38.3 Å². The monoisotopic (exact) mass is 346 g/mol. The lowest BCUT2D eigenvalue weighted by molar-refractivity contribution is -0.139. The molecule has 1 aromatic carbocycles. The molecule has 1 atom stereocenters. The van der Waals surface area contributed by atoms with E-state index >= 15 is 0 Å². The molecule has 1 aromatic rings. The lowest BCUT2D eigenvalue weighted by Gasteiger charge is -2.20. The second kappa shape index (κ2) is 9.20. The summed E-state index contributed by atoms with van der Waals surface area (Å²) < 4.78 is 0. The van der Waals surface area contributed by atoms with Gasteiger partial charge in [0, 0.05) is 18.0 Å². The van der Waals surface area contributed by atoms with Crippen molar-refractivity contribution in [3.05, 3.63) is 35.4 Å². The highest BCUT2D eigenvalue weighted by atomic mass is 16.4. The predicted octanol–water partition coefficient (Wildman–Crippen LogP) is 2.48. The zero-order valence-corrected chi connectivity index (χ0v) is 14.6. The molecule has 2 rings (SSSR count). The minimum absolute atomic E-state index is 0.105. The first-order valence-corrected chi connectivity index (χ1v) is 8.91. The van der Waals surface area contributed by atoms with Crippen molar-refractivity contribution in [2.24, 2.45) is 5.92 Å². The lowest BCUT2D eigenvalue weighted by atomic mass is 9.88. The molecule has 0 heterocycles. The number of aliphatic carboxylic acids is 1. The van der Waals surface area contributed by atoms with E-state index in [9.17, 15) is 14.4 Å². The molecule has 2 amide bonds. The van der Waals surface area contributed by atoms with Crippen molar-refractivity contribution in [2.45, 2.75) is 58.0 Å². The first-order valence-electron chi connectivity index (χ1n) is 8.91. The van der Waals surface area contributed by atoms with E-state index in [4.69, 9.17) is 5.11 Å². The summed E-state index contributed by atoms with van der Waals surface area (Å²) >= 11 is 0. The summed E-state index contributed by atoms with van der Waals surface area (Å²) in [6.07, 6.45) is 5.72. The number of carbonyl (C=O) groups excluding carboxylic acids is 2. The van der Waals surface area contributed by atoms with E-state index in [0.29, 0.717) is 18.5 Å². The Balaban J connectivity index is 1.85. The van der Waals surface area contributed by atoms with Crippen LogP contribution in [0, 0.1) is 5.92 Å². The number of rotatable bonds is 7. The van der Waals surface area contributed by atoms with Crippen LogP contribution in [0.2, 0.25) is 0 Å². The van der Waals surface area contributed by atoms with Gasteiger partial charge in [0.1, 0.15) is 6.04 Å². The molecule has 0 saturated heterocycles. The molecular weight excluding hydrogens is 320 g/mol. The van der Waals surface area contributed by atoms with Crippen LogP contribution in [0.3, 0.4) is 0 Å². The third-order valence-electron chi connectivity index (χ3n) is 4.67. The molecule has 0 aliphatic heterocycles. The Labute approximate surface area is 148 Å². The van der Waals surface area contributed by atoms with Crippen molar-refractivity contribution in [1.82, 2.24) is 10.6 Å². The molecule has 3 N–H and O–H groups in total. The van der Waals surface area contributed by atoms with Gasteiger partial charge in [0.15, 0.2) is 0 Å². The Kier molecular flexibility index (Phi) is 6.98. The van der Waals surface area contributed by atoms with Crippen molar-refractivity contribution in [3.8, 4) is 0 Å². The smallest absolute Gasteiger partial charge is 0.326 e. The number of nitrogens with one attached hydrogen (secondary N) is 2. The molecule has 6 nitrogen and oxygen atoms in total. The van der Waals surface area contributed by atoms with Crippen molar-refractivity contribution < 1.29 is 19.5 Å². The Hall–Kier alpha value is -2.37. The third-order valence-corrected chi connectivity index (χ3v) is 4.67. The maximum absolute atomic E-state index is 12.1. The van der Waals surface area contributed by atoms with Crippen molar-refractivity contribution >= 4 is 17.8 Å². The van der Waals surface area contributed by atoms with Gasteiger partial charge in [0.05, 0.1) is 0 Å². The maximum atomic E-state index is 12.1. The number of amides is 2. The molecule has 0 bridgehead atoms. The molecule has 1 fully saturated rings. The number of hydrogen-bond acceptors (Lipinski definition) is 3. The number of benzene rings is 1. The van der Waals surface area contributed by atoms with Crippen LogP contribution in [-0.2, 0) is 16.1 Å². The number of carboxylic acid groups (broad SMARTS) is 1. The van der Waals surface area contributed by atoms with Gasteiger partial charge in [-0.2, -0.15) is 0 Å². The van der Waals surface area contributed by atoms with E-state index in [0.717, 1.165) is 31.2 Å². The van der Waals surface area contributed by atoms with Gasteiger partial charge < -0.3 is 15.7 Å². The summed E-state index contributed by atoms with van der Waals surface area (Å²) in [5.74, 6) is -1.22. The quantitative estimate of drug-likeness (QED) is 0.707. The average Bonchev–Trinajstić information content (AvgIpc) is 2.64. The van der Waals surface area contributed by atoms with Gasteiger partial charge in [-0.3, -0.25) is 9.59 Å². The van der Waals surface area contributed by atoms with Crippen LogP contribution in [0.15, 0.2) is 24.3 Å². The van der Waals surface area contributed by atoms with Gasteiger partial charge in [0.2, 0.25) is 5.91 Å². The fourth-order valence-electron chi connectivity index (χ4n) is 3.05. The first-order chi connectivity index (χ1) is 12.0. The van der Waals surface area contributed by atoms with Gasteiger partial charge in [-0.05, 0) is 37.0 Å². The Morgan fingerprint density at radius 1 is 1.12 bits per heavy atom. The zero-order valence-electron chi connectivity index (χ0n) is 14.6. The van der Waals surface area contributed by atoms with Crippen LogP contribution in [0.4, 0.5) is 0 Å². The minimum Gasteiger partial charge on any atom is -0.480 e. The predicted molar refractivity (Wildman–Crippen MR) is 94.0 cm³/mol. The molecular formula is C19H26N2O4. The van der Waals surface area contributed by atoms with Crippen LogP contribution < -0.4 is 10.6 Å². The highest BCUT2D eigenvalue weighted by molar-refractivity contribution is 5.96. The van der Waals surface area contributed by atoms with Crippen LogP contribution in [0.25, 0.3) is 0 Å². The highest BCUT2D eigenvalue weighted by Gasteiger charge is 2.21. The molecule has 0 radical (unpaired) electrons. The fourth-order valence-corrected chi connectivity index (χ4v) is 3.05. The number of carboxylic acids is 1. The van der Waals surface area contributed by atoms with Gasteiger partial charge >= 0.3 is 5.97 Å². The SMILES string of the molecule is CCC(NC(=O)c1ccc(CNC(=O)C2CCCCC2)cc1)C(=O)O. The van der Waals surface area contributed by atoms with Crippen LogP contribution >= 0.6 is 0 Å². The summed E-state index contributed by atoms with van der Waals surface area (Å²) in [5, 5.41) is 14.4. The lowest BCUT2D eigenvalue weighted by Crippen LogP contribution is -2.40. The number of carbonyl (C=O) groups is 3. The summed E-state index contributed by atoms with van der Waals surface area (Å²) in [6.45, 7) is 2.14. The van der Waals surface area contributed by atoms with E-state index in [-0.39, 0.29) is 11.8 Å². The maximum Gasteiger partial charge on any atom is 0.326 e. The molecule has 1 aliphatic rings. The molecule has 6 heteroatoms.